The highest BCUT2D eigenvalue weighted by atomic mass is 35.5. The summed E-state index contributed by atoms with van der Waals surface area (Å²) in [5.74, 6) is -0.439. The van der Waals surface area contributed by atoms with E-state index < -0.39 is 5.97 Å². The molecule has 0 saturated carbocycles. The van der Waals surface area contributed by atoms with E-state index in [4.69, 9.17) is 16.3 Å². The van der Waals surface area contributed by atoms with E-state index in [0.29, 0.717) is 17.0 Å². The van der Waals surface area contributed by atoms with Gasteiger partial charge in [0.05, 0.1) is 12.1 Å². The number of aromatic amines is 1. The second kappa shape index (κ2) is 3.90. The summed E-state index contributed by atoms with van der Waals surface area (Å²) < 4.78 is 4.87. The lowest BCUT2D eigenvalue weighted by atomic mass is 10.2. The molecule has 0 amide bonds. The van der Waals surface area contributed by atoms with Gasteiger partial charge in [0.15, 0.2) is 5.69 Å². The fraction of sp³-hybridized carbons (Fsp3) is 0.200. The third kappa shape index (κ3) is 1.80. The van der Waals surface area contributed by atoms with Crippen molar-refractivity contribution in [2.75, 3.05) is 6.61 Å². The van der Waals surface area contributed by atoms with Crippen LogP contribution in [0.3, 0.4) is 0 Å². The molecule has 0 aliphatic carbocycles. The topological polar surface area (TPSA) is 55.0 Å². The summed E-state index contributed by atoms with van der Waals surface area (Å²) in [6.45, 7) is 2.08. The molecule has 1 heterocycles. The van der Waals surface area contributed by atoms with Crippen LogP contribution in [0.5, 0.6) is 0 Å². The first kappa shape index (κ1) is 9.98. The number of nitrogens with zero attached hydrogens (tertiary/aromatic N) is 1. The number of rotatable bonds is 2. The molecule has 78 valence electrons. The molecule has 2 rings (SSSR count). The second-order valence-electron chi connectivity index (χ2n) is 2.98. The fourth-order valence-electron chi connectivity index (χ4n) is 1.34. The third-order valence-corrected chi connectivity index (χ3v) is 2.23. The van der Waals surface area contributed by atoms with E-state index in [-0.39, 0.29) is 5.69 Å². The van der Waals surface area contributed by atoms with Crippen LogP contribution in [-0.2, 0) is 4.74 Å². The van der Waals surface area contributed by atoms with Crippen molar-refractivity contribution in [3.8, 4) is 0 Å². The van der Waals surface area contributed by atoms with E-state index in [9.17, 15) is 4.79 Å². The minimum Gasteiger partial charge on any atom is -0.461 e. The van der Waals surface area contributed by atoms with Gasteiger partial charge in [-0.15, -0.1) is 0 Å². The van der Waals surface area contributed by atoms with Crippen LogP contribution in [0.4, 0.5) is 0 Å². The molecule has 1 aromatic heterocycles. The summed E-state index contributed by atoms with van der Waals surface area (Å²) in [6.07, 6.45) is 0. The number of hydrogen-bond acceptors (Lipinski definition) is 3. The maximum atomic E-state index is 11.5. The molecule has 0 saturated heterocycles. The first-order chi connectivity index (χ1) is 7.22. The van der Waals surface area contributed by atoms with Gasteiger partial charge in [-0.3, -0.25) is 5.10 Å². The van der Waals surface area contributed by atoms with Gasteiger partial charge < -0.3 is 4.74 Å². The zero-order chi connectivity index (χ0) is 10.8. The van der Waals surface area contributed by atoms with Crippen LogP contribution in [0.25, 0.3) is 10.9 Å². The highest BCUT2D eigenvalue weighted by Gasteiger charge is 2.14. The molecule has 0 radical (unpaired) electrons. The van der Waals surface area contributed by atoms with E-state index in [2.05, 4.69) is 10.2 Å². The number of hydrogen-bond donors (Lipinski definition) is 1. The van der Waals surface area contributed by atoms with Gasteiger partial charge in [0.1, 0.15) is 0 Å². The summed E-state index contributed by atoms with van der Waals surface area (Å²) in [6, 6.07) is 5.19. The second-order valence-corrected chi connectivity index (χ2v) is 3.42. The molecule has 1 N–H and O–H groups in total. The van der Waals surface area contributed by atoms with Gasteiger partial charge >= 0.3 is 5.97 Å². The van der Waals surface area contributed by atoms with Crippen molar-refractivity contribution in [1.82, 2.24) is 10.2 Å². The lowest BCUT2D eigenvalue weighted by Crippen LogP contribution is -2.05. The predicted molar refractivity (Wildman–Crippen MR) is 57.1 cm³/mol. The standard InChI is InChI=1S/C10H9ClN2O2/c1-2-15-10(14)9-7-5-6(11)3-4-8(7)12-13-9/h3-5H,2H2,1H3,(H,12,13). The predicted octanol–water partition coefficient (Wildman–Crippen LogP) is 2.39. The number of carbonyl (C=O) groups excluding carboxylic acids is 1. The van der Waals surface area contributed by atoms with Crippen LogP contribution >= 0.6 is 11.6 Å². The van der Waals surface area contributed by atoms with Crippen LogP contribution in [-0.4, -0.2) is 22.8 Å². The Kier molecular flexibility index (Phi) is 2.60. The van der Waals surface area contributed by atoms with Crippen molar-refractivity contribution in [1.29, 1.82) is 0 Å². The molecule has 5 heteroatoms. The maximum absolute atomic E-state index is 11.5. The minimum absolute atomic E-state index is 0.273. The number of nitrogens with one attached hydrogen (secondary N) is 1. The quantitative estimate of drug-likeness (QED) is 0.797. The molecule has 0 spiro atoms. The molecule has 0 unspecified atom stereocenters. The third-order valence-electron chi connectivity index (χ3n) is 1.99. The largest absolute Gasteiger partial charge is 0.461 e. The maximum Gasteiger partial charge on any atom is 0.359 e. The van der Waals surface area contributed by atoms with Gasteiger partial charge in [-0.25, -0.2) is 4.79 Å². The fourth-order valence-corrected chi connectivity index (χ4v) is 1.51. The molecule has 15 heavy (non-hydrogen) atoms. The SMILES string of the molecule is CCOC(=O)c1n[nH]c2ccc(Cl)cc12. The Morgan fingerprint density at radius 1 is 1.60 bits per heavy atom. The molecule has 1 aromatic carbocycles. The smallest absolute Gasteiger partial charge is 0.359 e. The van der Waals surface area contributed by atoms with Crippen molar-refractivity contribution in [2.24, 2.45) is 0 Å². The van der Waals surface area contributed by atoms with Crippen molar-refractivity contribution in [2.45, 2.75) is 6.92 Å². The van der Waals surface area contributed by atoms with Crippen molar-refractivity contribution >= 4 is 28.5 Å². The average Bonchev–Trinajstić information content (AvgIpc) is 2.60. The zero-order valence-electron chi connectivity index (χ0n) is 8.08. The molecule has 0 aliphatic rings. The Balaban J connectivity index is 2.52. The molecule has 0 aliphatic heterocycles. The lowest BCUT2D eigenvalue weighted by molar-refractivity contribution is 0.0521. The highest BCUT2D eigenvalue weighted by Crippen LogP contribution is 2.20. The van der Waals surface area contributed by atoms with Gasteiger partial charge in [-0.1, -0.05) is 11.6 Å². The number of esters is 1. The van der Waals surface area contributed by atoms with Crippen LogP contribution in [0.2, 0.25) is 5.02 Å². The number of carbonyl (C=O) groups is 1. The normalized spacial score (nSPS) is 10.5. The summed E-state index contributed by atoms with van der Waals surface area (Å²) in [5, 5.41) is 7.89. The van der Waals surface area contributed by atoms with Crippen molar-refractivity contribution in [3.05, 3.63) is 28.9 Å². The number of aromatic nitrogens is 2. The number of halogens is 1. The Morgan fingerprint density at radius 2 is 2.40 bits per heavy atom. The lowest BCUT2D eigenvalue weighted by Gasteiger charge is -1.97. The van der Waals surface area contributed by atoms with Crippen molar-refractivity contribution in [3.63, 3.8) is 0 Å². The van der Waals surface area contributed by atoms with Crippen LogP contribution < -0.4 is 0 Å². The van der Waals surface area contributed by atoms with E-state index in [1.807, 2.05) is 0 Å². The number of benzene rings is 1. The molecular weight excluding hydrogens is 216 g/mol. The molecular formula is C10H9ClN2O2. The van der Waals surface area contributed by atoms with Crippen LogP contribution in [0.1, 0.15) is 17.4 Å². The molecule has 0 atom stereocenters. The van der Waals surface area contributed by atoms with Gasteiger partial charge in [-0.05, 0) is 25.1 Å². The van der Waals surface area contributed by atoms with Gasteiger partial charge in [0.25, 0.3) is 0 Å². The summed E-state index contributed by atoms with van der Waals surface area (Å²) >= 11 is 5.84. The minimum atomic E-state index is -0.439. The number of fused-ring (bicyclic) bond motifs is 1. The van der Waals surface area contributed by atoms with Crippen LogP contribution in [0, 0.1) is 0 Å². The van der Waals surface area contributed by atoms with Gasteiger partial charge in [0.2, 0.25) is 0 Å². The van der Waals surface area contributed by atoms with Crippen LogP contribution in [0.15, 0.2) is 18.2 Å². The summed E-state index contributed by atoms with van der Waals surface area (Å²) in [5.41, 5.74) is 1.04. The number of H-pyrrole nitrogens is 1. The van der Waals surface area contributed by atoms with E-state index in [1.165, 1.54) is 0 Å². The van der Waals surface area contributed by atoms with Gasteiger partial charge in [-0.2, -0.15) is 5.10 Å². The monoisotopic (exact) mass is 224 g/mol. The first-order valence-electron chi connectivity index (χ1n) is 4.53. The summed E-state index contributed by atoms with van der Waals surface area (Å²) in [4.78, 5) is 11.5. The average molecular weight is 225 g/mol. The Bertz CT molecular complexity index is 507. The molecule has 0 bridgehead atoms. The van der Waals surface area contributed by atoms with E-state index in [1.54, 1.807) is 25.1 Å². The Morgan fingerprint density at radius 3 is 3.13 bits per heavy atom. The zero-order valence-corrected chi connectivity index (χ0v) is 8.84. The Hall–Kier alpha value is -1.55. The number of ether oxygens (including phenoxy) is 1. The Labute approximate surface area is 91.2 Å². The molecule has 0 fully saturated rings. The van der Waals surface area contributed by atoms with Crippen molar-refractivity contribution < 1.29 is 9.53 Å². The molecule has 2 aromatic rings. The van der Waals surface area contributed by atoms with Gasteiger partial charge in [0, 0.05) is 10.4 Å². The molecule has 4 nitrogen and oxygen atoms in total. The van der Waals surface area contributed by atoms with E-state index >= 15 is 0 Å². The highest BCUT2D eigenvalue weighted by molar-refractivity contribution is 6.31. The summed E-state index contributed by atoms with van der Waals surface area (Å²) in [7, 11) is 0. The van der Waals surface area contributed by atoms with E-state index in [0.717, 1.165) is 5.52 Å². The first-order valence-corrected chi connectivity index (χ1v) is 4.91.